The lowest BCUT2D eigenvalue weighted by Gasteiger charge is -2.37. The van der Waals surface area contributed by atoms with E-state index in [2.05, 4.69) is 9.97 Å². The highest BCUT2D eigenvalue weighted by molar-refractivity contribution is 5.50. The van der Waals surface area contributed by atoms with Crippen molar-refractivity contribution in [2.24, 2.45) is 0 Å². The summed E-state index contributed by atoms with van der Waals surface area (Å²) in [6, 6.07) is 1.25. The summed E-state index contributed by atoms with van der Waals surface area (Å²) in [5, 5.41) is 0. The summed E-state index contributed by atoms with van der Waals surface area (Å²) in [4.78, 5) is 24.0. The molecule has 0 radical (unpaired) electrons. The van der Waals surface area contributed by atoms with Gasteiger partial charge in [-0.1, -0.05) is 0 Å². The molecule has 0 aliphatic carbocycles. The van der Waals surface area contributed by atoms with Crippen molar-refractivity contribution in [1.29, 1.82) is 0 Å². The normalized spacial score (nSPS) is 25.2. The van der Waals surface area contributed by atoms with Crippen molar-refractivity contribution in [3.63, 3.8) is 0 Å². The van der Waals surface area contributed by atoms with Crippen LogP contribution in [0.4, 0.5) is 24.9 Å². The molecule has 2 unspecified atom stereocenters. The topological polar surface area (TPSA) is 76.6 Å². The lowest BCUT2D eigenvalue weighted by Crippen LogP contribution is -2.55. The number of hydrogen-bond acceptors (Lipinski definition) is 7. The molecular weight excluding hydrogens is 379 g/mol. The van der Waals surface area contributed by atoms with Gasteiger partial charge in [-0.25, -0.2) is 4.98 Å². The number of halogens is 3. The van der Waals surface area contributed by atoms with Crippen molar-refractivity contribution >= 4 is 11.8 Å². The van der Waals surface area contributed by atoms with Crippen LogP contribution in [0.2, 0.25) is 0 Å². The van der Waals surface area contributed by atoms with Crippen LogP contribution in [0.25, 0.3) is 0 Å². The maximum Gasteiger partial charge on any atom is 0.413 e. The molecule has 0 saturated carbocycles. The van der Waals surface area contributed by atoms with Crippen LogP contribution in [0.15, 0.2) is 27.9 Å². The largest absolute Gasteiger partial charge is 0.451 e. The zero-order valence-electron chi connectivity index (χ0n) is 15.4. The number of fused-ring (bicyclic) bond motifs is 1. The number of aromatic nitrogens is 3. The van der Waals surface area contributed by atoms with E-state index >= 15 is 0 Å². The van der Waals surface area contributed by atoms with E-state index in [1.165, 1.54) is 12.3 Å². The van der Waals surface area contributed by atoms with Gasteiger partial charge in [0.1, 0.15) is 12.1 Å². The van der Waals surface area contributed by atoms with Gasteiger partial charge >= 0.3 is 6.18 Å². The average Bonchev–Trinajstić information content (AvgIpc) is 3.23. The van der Waals surface area contributed by atoms with Gasteiger partial charge in [0.05, 0.1) is 38.0 Å². The second-order valence-electron chi connectivity index (χ2n) is 7.29. The van der Waals surface area contributed by atoms with Crippen molar-refractivity contribution < 1.29 is 22.3 Å². The number of oxazole rings is 1. The van der Waals surface area contributed by atoms with Gasteiger partial charge in [-0.05, 0) is 13.8 Å². The Balaban J connectivity index is 1.81. The second kappa shape index (κ2) is 6.50. The lowest BCUT2D eigenvalue weighted by atomic mass is 10.0. The van der Waals surface area contributed by atoms with Crippen molar-refractivity contribution in [2.75, 3.05) is 29.6 Å². The van der Waals surface area contributed by atoms with Crippen molar-refractivity contribution in [1.82, 2.24) is 14.5 Å². The molecule has 2 aromatic heterocycles. The van der Waals surface area contributed by atoms with E-state index in [1.54, 1.807) is 0 Å². The van der Waals surface area contributed by atoms with Gasteiger partial charge in [0.25, 0.3) is 5.56 Å². The molecule has 0 spiro atoms. The van der Waals surface area contributed by atoms with Gasteiger partial charge in [-0.15, -0.1) is 0 Å². The number of anilines is 2. The highest BCUT2D eigenvalue weighted by Gasteiger charge is 2.60. The van der Waals surface area contributed by atoms with E-state index in [4.69, 9.17) is 9.15 Å². The molecule has 11 heteroatoms. The van der Waals surface area contributed by atoms with Crippen LogP contribution in [-0.4, -0.2) is 52.1 Å². The van der Waals surface area contributed by atoms with Gasteiger partial charge in [0.15, 0.2) is 11.9 Å². The molecule has 0 amide bonds. The number of nitrogens with zero attached hydrogens (tertiary/aromatic N) is 5. The Kier molecular flexibility index (Phi) is 4.36. The minimum Gasteiger partial charge on any atom is -0.451 e. The standard InChI is InChI=1S/C17H20F3N5O3/c1-11-7-27-4-3-23(11)13-5-14(26)24-9-16(2,17(18,19)20)25(15(24)22-13)6-12-8-28-10-21-12/h5,8,10-11H,3-4,6-7,9H2,1-2H3. The molecule has 2 aromatic rings. The summed E-state index contributed by atoms with van der Waals surface area (Å²) >= 11 is 0. The highest BCUT2D eigenvalue weighted by Crippen LogP contribution is 2.44. The van der Waals surface area contributed by atoms with Crippen molar-refractivity contribution in [3.05, 3.63) is 34.8 Å². The van der Waals surface area contributed by atoms with E-state index in [9.17, 15) is 18.0 Å². The van der Waals surface area contributed by atoms with Gasteiger partial charge in [0, 0.05) is 12.6 Å². The summed E-state index contributed by atoms with van der Waals surface area (Å²) in [5.74, 6) is 0.327. The number of hydrogen-bond donors (Lipinski definition) is 0. The first kappa shape index (κ1) is 18.8. The third-order valence-corrected chi connectivity index (χ3v) is 5.35. The lowest BCUT2D eigenvalue weighted by molar-refractivity contribution is -0.182. The number of morpholine rings is 1. The molecule has 2 aliphatic heterocycles. The average molecular weight is 399 g/mol. The highest BCUT2D eigenvalue weighted by atomic mass is 19.4. The quantitative estimate of drug-likeness (QED) is 0.779. The van der Waals surface area contributed by atoms with E-state index in [0.29, 0.717) is 31.3 Å². The van der Waals surface area contributed by atoms with Crippen LogP contribution in [0, 0.1) is 0 Å². The number of alkyl halides is 3. The molecule has 0 N–H and O–H groups in total. The molecule has 4 rings (SSSR count). The minimum absolute atomic E-state index is 0.0241. The van der Waals surface area contributed by atoms with E-state index in [-0.39, 0.29) is 18.5 Å². The molecule has 1 saturated heterocycles. The zero-order valence-corrected chi connectivity index (χ0v) is 15.4. The van der Waals surface area contributed by atoms with Crippen molar-refractivity contribution in [2.45, 2.75) is 44.7 Å². The molecule has 152 valence electrons. The molecule has 1 fully saturated rings. The molecule has 4 heterocycles. The summed E-state index contributed by atoms with van der Waals surface area (Å²) in [5.41, 5.74) is -2.49. The Bertz CT molecular complexity index is 914. The summed E-state index contributed by atoms with van der Waals surface area (Å²) < 4.78 is 53.3. The van der Waals surface area contributed by atoms with Crippen LogP contribution in [0.1, 0.15) is 19.5 Å². The first-order chi connectivity index (χ1) is 13.2. The summed E-state index contributed by atoms with van der Waals surface area (Å²) in [6.45, 7) is 3.71. The van der Waals surface area contributed by atoms with Crippen molar-refractivity contribution in [3.8, 4) is 0 Å². The fourth-order valence-corrected chi connectivity index (χ4v) is 3.63. The van der Waals surface area contributed by atoms with Gasteiger partial charge in [0.2, 0.25) is 5.95 Å². The third kappa shape index (κ3) is 2.93. The van der Waals surface area contributed by atoms with Gasteiger partial charge in [-0.3, -0.25) is 9.36 Å². The summed E-state index contributed by atoms with van der Waals surface area (Å²) in [6.07, 6.45) is -2.14. The minimum atomic E-state index is -4.58. The summed E-state index contributed by atoms with van der Waals surface area (Å²) in [7, 11) is 0. The Morgan fingerprint density at radius 3 is 2.82 bits per heavy atom. The SMILES string of the molecule is CC1COCCN1c1cc(=O)n2c(n1)N(Cc1cocn1)C(C)(C(F)(F)F)C2. The van der Waals surface area contributed by atoms with Crippen LogP contribution >= 0.6 is 0 Å². The molecular formula is C17H20F3N5O3. The Morgan fingerprint density at radius 2 is 2.18 bits per heavy atom. The fourth-order valence-electron chi connectivity index (χ4n) is 3.63. The first-order valence-electron chi connectivity index (χ1n) is 8.88. The van der Waals surface area contributed by atoms with Gasteiger partial charge < -0.3 is 19.0 Å². The number of rotatable bonds is 3. The monoisotopic (exact) mass is 399 g/mol. The second-order valence-corrected chi connectivity index (χ2v) is 7.29. The maximum atomic E-state index is 14.0. The first-order valence-corrected chi connectivity index (χ1v) is 8.88. The molecule has 2 aliphatic rings. The number of ether oxygens (including phenoxy) is 1. The Labute approximate surface area is 158 Å². The molecule has 0 aromatic carbocycles. The van der Waals surface area contributed by atoms with E-state index < -0.39 is 23.8 Å². The predicted octanol–water partition coefficient (Wildman–Crippen LogP) is 1.80. The zero-order chi connectivity index (χ0) is 20.1. The fraction of sp³-hybridized carbons (Fsp3) is 0.588. The van der Waals surface area contributed by atoms with Gasteiger partial charge in [-0.2, -0.15) is 18.2 Å². The van der Waals surface area contributed by atoms with E-state index in [0.717, 1.165) is 22.8 Å². The Morgan fingerprint density at radius 1 is 1.39 bits per heavy atom. The van der Waals surface area contributed by atoms with Crippen LogP contribution in [0.5, 0.6) is 0 Å². The van der Waals surface area contributed by atoms with E-state index in [1.807, 2.05) is 11.8 Å². The van der Waals surface area contributed by atoms with Crippen LogP contribution < -0.4 is 15.4 Å². The third-order valence-electron chi connectivity index (χ3n) is 5.35. The smallest absolute Gasteiger partial charge is 0.413 e. The Hall–Kier alpha value is -2.56. The van der Waals surface area contributed by atoms with Crippen LogP contribution in [0.3, 0.4) is 0 Å². The molecule has 28 heavy (non-hydrogen) atoms. The molecule has 2 atom stereocenters. The predicted molar refractivity (Wildman–Crippen MR) is 93.3 cm³/mol. The van der Waals surface area contributed by atoms with Crippen LogP contribution in [-0.2, 0) is 17.8 Å². The maximum absolute atomic E-state index is 14.0. The molecule has 0 bridgehead atoms. The molecule has 8 nitrogen and oxygen atoms in total.